The van der Waals surface area contributed by atoms with Gasteiger partial charge in [0.1, 0.15) is 5.92 Å². The van der Waals surface area contributed by atoms with Crippen LogP contribution < -0.4 is 0 Å². The minimum atomic E-state index is -0.964. The monoisotopic (exact) mass is 241 g/mol. The Morgan fingerprint density at radius 3 is 2.88 bits per heavy atom. The largest absolute Gasteiger partial charge is 0.468 e. The van der Waals surface area contributed by atoms with Crippen molar-refractivity contribution >= 4 is 17.7 Å². The number of hydrogen-bond donors (Lipinski definition) is 0. The summed E-state index contributed by atoms with van der Waals surface area (Å²) in [5, 5.41) is 0. The van der Waals surface area contributed by atoms with Gasteiger partial charge in [0.2, 0.25) is 5.78 Å². The molecule has 2 aliphatic rings. The second kappa shape index (κ2) is 4.83. The van der Waals surface area contributed by atoms with Crippen LogP contribution >= 0.6 is 0 Å². The molecule has 94 valence electrons. The van der Waals surface area contributed by atoms with Crippen LogP contribution in [0.2, 0.25) is 0 Å². The number of Topliss-reactive ketones (excluding diaryl/α,β-unsaturated/α-hetero) is 1. The summed E-state index contributed by atoms with van der Waals surface area (Å²) in [6.45, 7) is 1.20. The zero-order chi connectivity index (χ0) is 12.4. The number of ether oxygens (including phenoxy) is 2. The third kappa shape index (κ3) is 2.31. The first kappa shape index (κ1) is 12.0. The van der Waals surface area contributed by atoms with Gasteiger partial charge in [-0.1, -0.05) is 0 Å². The lowest BCUT2D eigenvalue weighted by atomic mass is 10.1. The van der Waals surface area contributed by atoms with Crippen LogP contribution in [0.1, 0.15) is 12.8 Å². The van der Waals surface area contributed by atoms with Crippen LogP contribution in [-0.2, 0) is 23.9 Å². The molecule has 0 spiro atoms. The number of carbonyl (C=O) groups is 3. The van der Waals surface area contributed by atoms with Crippen molar-refractivity contribution in [1.29, 1.82) is 0 Å². The van der Waals surface area contributed by atoms with Crippen LogP contribution in [0.15, 0.2) is 0 Å². The Labute approximate surface area is 98.8 Å². The van der Waals surface area contributed by atoms with E-state index >= 15 is 0 Å². The number of amides is 1. The van der Waals surface area contributed by atoms with E-state index in [4.69, 9.17) is 4.74 Å². The quantitative estimate of drug-likeness (QED) is 0.373. The molecule has 6 heteroatoms. The molecule has 2 fully saturated rings. The highest BCUT2D eigenvalue weighted by Crippen LogP contribution is 2.20. The maximum atomic E-state index is 11.6. The average Bonchev–Trinajstić information content (AvgIpc) is 2.92. The third-order valence-corrected chi connectivity index (χ3v) is 3.15. The van der Waals surface area contributed by atoms with Crippen LogP contribution in [0.5, 0.6) is 0 Å². The highest BCUT2D eigenvalue weighted by Gasteiger charge is 2.44. The van der Waals surface area contributed by atoms with Gasteiger partial charge in [-0.25, -0.2) is 0 Å². The summed E-state index contributed by atoms with van der Waals surface area (Å²) in [6.07, 6.45) is 1.85. The molecule has 0 N–H and O–H groups in total. The fraction of sp³-hybridized carbons (Fsp3) is 0.727. The van der Waals surface area contributed by atoms with Gasteiger partial charge in [0.05, 0.1) is 13.2 Å². The number of methoxy groups -OCH3 is 1. The summed E-state index contributed by atoms with van der Waals surface area (Å²) in [6, 6.07) is 0. The van der Waals surface area contributed by atoms with Crippen LogP contribution in [0, 0.1) is 5.92 Å². The fourth-order valence-electron chi connectivity index (χ4n) is 2.21. The highest BCUT2D eigenvalue weighted by atomic mass is 16.5. The number of ketones is 1. The Morgan fingerprint density at radius 2 is 2.29 bits per heavy atom. The van der Waals surface area contributed by atoms with Crippen molar-refractivity contribution in [1.82, 2.24) is 4.90 Å². The van der Waals surface area contributed by atoms with E-state index < -0.39 is 23.6 Å². The van der Waals surface area contributed by atoms with Crippen LogP contribution in [0.3, 0.4) is 0 Å². The van der Waals surface area contributed by atoms with Gasteiger partial charge in [-0.05, 0) is 12.8 Å². The Morgan fingerprint density at radius 1 is 1.53 bits per heavy atom. The van der Waals surface area contributed by atoms with Crippen LogP contribution in [-0.4, -0.2) is 55.5 Å². The summed E-state index contributed by atoms with van der Waals surface area (Å²) in [5.74, 6) is -2.88. The molecule has 2 atom stereocenters. The van der Waals surface area contributed by atoms with E-state index in [0.29, 0.717) is 13.2 Å². The molecule has 6 nitrogen and oxygen atoms in total. The smallest absolute Gasteiger partial charge is 0.318 e. The SMILES string of the molecule is COC(=O)C1CN(CC2CCCO2)C(=O)C1=O. The number of hydrogen-bond acceptors (Lipinski definition) is 5. The molecule has 0 bridgehead atoms. The van der Waals surface area contributed by atoms with Gasteiger partial charge in [-0.15, -0.1) is 0 Å². The molecule has 2 heterocycles. The first-order chi connectivity index (χ1) is 8.13. The van der Waals surface area contributed by atoms with E-state index in [-0.39, 0.29) is 12.6 Å². The Balaban J connectivity index is 1.98. The topological polar surface area (TPSA) is 72.9 Å². The van der Waals surface area contributed by atoms with Crippen molar-refractivity contribution in [2.45, 2.75) is 18.9 Å². The normalized spacial score (nSPS) is 28.9. The minimum absolute atomic E-state index is 0.0110. The number of esters is 1. The molecule has 2 saturated heterocycles. The van der Waals surface area contributed by atoms with E-state index in [2.05, 4.69) is 4.74 Å². The molecule has 0 saturated carbocycles. The summed E-state index contributed by atoms with van der Waals surface area (Å²) in [5.41, 5.74) is 0. The van der Waals surface area contributed by atoms with Crippen LogP contribution in [0.4, 0.5) is 0 Å². The van der Waals surface area contributed by atoms with Gasteiger partial charge in [-0.3, -0.25) is 14.4 Å². The van der Waals surface area contributed by atoms with Gasteiger partial charge < -0.3 is 14.4 Å². The molecule has 2 unspecified atom stereocenters. The number of nitrogens with zero attached hydrogens (tertiary/aromatic N) is 1. The summed E-state index contributed by atoms with van der Waals surface area (Å²) >= 11 is 0. The fourth-order valence-corrected chi connectivity index (χ4v) is 2.21. The average molecular weight is 241 g/mol. The maximum Gasteiger partial charge on any atom is 0.318 e. The van der Waals surface area contributed by atoms with Crippen LogP contribution in [0.25, 0.3) is 0 Å². The summed E-state index contributed by atoms with van der Waals surface area (Å²) in [4.78, 5) is 35.9. The lowest BCUT2D eigenvalue weighted by Crippen LogP contribution is -2.34. The molecular formula is C11H15NO5. The van der Waals surface area contributed by atoms with E-state index in [9.17, 15) is 14.4 Å². The predicted octanol–water partition coefficient (Wildman–Crippen LogP) is -0.634. The van der Waals surface area contributed by atoms with Crippen molar-refractivity contribution in [3.8, 4) is 0 Å². The second-order valence-corrected chi connectivity index (χ2v) is 4.29. The molecule has 0 radical (unpaired) electrons. The number of likely N-dealkylation sites (tertiary alicyclic amines) is 1. The zero-order valence-electron chi connectivity index (χ0n) is 9.68. The van der Waals surface area contributed by atoms with E-state index in [0.717, 1.165) is 12.8 Å². The van der Waals surface area contributed by atoms with E-state index in [1.54, 1.807) is 0 Å². The van der Waals surface area contributed by atoms with E-state index in [1.807, 2.05) is 0 Å². The number of rotatable bonds is 3. The van der Waals surface area contributed by atoms with Crippen molar-refractivity contribution in [2.75, 3.05) is 26.8 Å². The lowest BCUT2D eigenvalue weighted by Gasteiger charge is -2.19. The molecular weight excluding hydrogens is 226 g/mol. The maximum absolute atomic E-state index is 11.6. The van der Waals surface area contributed by atoms with Crippen molar-refractivity contribution in [3.05, 3.63) is 0 Å². The van der Waals surface area contributed by atoms with Gasteiger partial charge in [-0.2, -0.15) is 0 Å². The molecule has 0 aliphatic carbocycles. The van der Waals surface area contributed by atoms with Gasteiger partial charge in [0.25, 0.3) is 5.91 Å². The van der Waals surface area contributed by atoms with Gasteiger partial charge in [0.15, 0.2) is 0 Å². The molecule has 0 aromatic rings. The first-order valence-electron chi connectivity index (χ1n) is 5.66. The highest BCUT2D eigenvalue weighted by molar-refractivity contribution is 6.42. The molecule has 17 heavy (non-hydrogen) atoms. The molecule has 2 rings (SSSR count). The summed E-state index contributed by atoms with van der Waals surface area (Å²) in [7, 11) is 1.21. The van der Waals surface area contributed by atoms with Crippen molar-refractivity contribution < 1.29 is 23.9 Å². The van der Waals surface area contributed by atoms with Crippen molar-refractivity contribution in [3.63, 3.8) is 0 Å². The summed E-state index contributed by atoms with van der Waals surface area (Å²) < 4.78 is 9.90. The second-order valence-electron chi connectivity index (χ2n) is 4.29. The molecule has 0 aromatic heterocycles. The third-order valence-electron chi connectivity index (χ3n) is 3.15. The molecule has 2 aliphatic heterocycles. The van der Waals surface area contributed by atoms with Gasteiger partial charge >= 0.3 is 5.97 Å². The first-order valence-corrected chi connectivity index (χ1v) is 5.66. The zero-order valence-corrected chi connectivity index (χ0v) is 9.68. The number of carbonyl (C=O) groups excluding carboxylic acids is 3. The Kier molecular flexibility index (Phi) is 3.42. The Bertz CT molecular complexity index is 348. The Hall–Kier alpha value is -1.43. The predicted molar refractivity (Wildman–Crippen MR) is 56.1 cm³/mol. The lowest BCUT2D eigenvalue weighted by molar-refractivity contribution is -0.150. The van der Waals surface area contributed by atoms with E-state index in [1.165, 1.54) is 12.0 Å². The molecule has 0 aromatic carbocycles. The standard InChI is InChI=1S/C11H15NO5/c1-16-11(15)8-6-12(10(14)9(8)13)5-7-3-2-4-17-7/h7-8H,2-6H2,1H3. The van der Waals surface area contributed by atoms with Gasteiger partial charge in [0, 0.05) is 19.7 Å². The molecule has 1 amide bonds. The van der Waals surface area contributed by atoms with Crippen molar-refractivity contribution in [2.24, 2.45) is 5.92 Å². The minimum Gasteiger partial charge on any atom is -0.468 e.